The van der Waals surface area contributed by atoms with Gasteiger partial charge >= 0.3 is 0 Å². The zero-order valence-electron chi connectivity index (χ0n) is 22.5. The monoisotopic (exact) mass is 536 g/mol. The number of ether oxygens (including phenoxy) is 1. The van der Waals surface area contributed by atoms with Crippen LogP contribution in [0.1, 0.15) is 47.0 Å². The van der Waals surface area contributed by atoms with Crippen molar-refractivity contribution in [3.63, 3.8) is 0 Å². The summed E-state index contributed by atoms with van der Waals surface area (Å²) in [6, 6.07) is 5.44. The molecule has 2 aliphatic rings. The molecule has 10 heteroatoms. The number of likely N-dealkylation sites (tertiary alicyclic amines) is 2. The molecule has 2 N–H and O–H groups in total. The summed E-state index contributed by atoms with van der Waals surface area (Å²) >= 11 is 6.51. The Bertz CT molecular complexity index is 1080. The Balaban J connectivity index is 1.41. The normalized spacial score (nSPS) is 22.5. The van der Waals surface area contributed by atoms with Crippen LogP contribution in [-0.2, 0) is 0 Å². The van der Waals surface area contributed by atoms with E-state index in [-0.39, 0.29) is 41.5 Å². The van der Waals surface area contributed by atoms with Crippen molar-refractivity contribution in [2.75, 3.05) is 50.5 Å². The van der Waals surface area contributed by atoms with E-state index in [1.165, 1.54) is 6.20 Å². The maximum absolute atomic E-state index is 14.7. The number of benzene rings is 1. The standard InChI is InChI=1S/C27H39ClF2N6O/c1-26(2)23(10-12-35(5)27(26,3)4)33-24-21(30)17-31-25(34-24)32-18-6-7-22(20(28)16-18)37-19-8-13-36(14-9-19)15-11-29/h6-7,16-17,19,23H,8-15H2,1-5H3,(H2,31,32,33,34). The van der Waals surface area contributed by atoms with Crippen molar-refractivity contribution >= 4 is 29.1 Å². The molecule has 1 unspecified atom stereocenters. The summed E-state index contributed by atoms with van der Waals surface area (Å²) in [6.45, 7) is 11.5. The number of piperidine rings is 2. The lowest BCUT2D eigenvalue weighted by molar-refractivity contribution is -0.0218. The fourth-order valence-electron chi connectivity index (χ4n) is 5.18. The van der Waals surface area contributed by atoms with Gasteiger partial charge in [0, 0.05) is 48.9 Å². The Morgan fingerprint density at radius 3 is 2.54 bits per heavy atom. The van der Waals surface area contributed by atoms with Crippen LogP contribution in [0.4, 0.5) is 26.2 Å². The second-order valence-corrected chi connectivity index (χ2v) is 11.6. The molecule has 0 spiro atoms. The highest BCUT2D eigenvalue weighted by Crippen LogP contribution is 2.44. The van der Waals surface area contributed by atoms with Gasteiger partial charge in [-0.3, -0.25) is 0 Å². The third-order valence-corrected chi connectivity index (χ3v) is 8.92. The number of hydrogen-bond acceptors (Lipinski definition) is 7. The maximum atomic E-state index is 14.7. The predicted molar refractivity (Wildman–Crippen MR) is 145 cm³/mol. The van der Waals surface area contributed by atoms with Crippen LogP contribution in [0.5, 0.6) is 5.75 Å². The van der Waals surface area contributed by atoms with E-state index >= 15 is 0 Å². The van der Waals surface area contributed by atoms with Gasteiger partial charge in [-0.2, -0.15) is 4.98 Å². The van der Waals surface area contributed by atoms with Gasteiger partial charge in [0.1, 0.15) is 18.5 Å². The highest BCUT2D eigenvalue weighted by atomic mass is 35.5. The van der Waals surface area contributed by atoms with Crippen LogP contribution in [0.2, 0.25) is 5.02 Å². The molecule has 2 aliphatic heterocycles. The van der Waals surface area contributed by atoms with Crippen LogP contribution in [-0.4, -0.2) is 77.4 Å². The molecule has 1 atom stereocenters. The lowest BCUT2D eigenvalue weighted by Crippen LogP contribution is -2.63. The van der Waals surface area contributed by atoms with Gasteiger partial charge in [0.2, 0.25) is 5.95 Å². The van der Waals surface area contributed by atoms with E-state index in [9.17, 15) is 8.78 Å². The molecule has 204 valence electrons. The Kier molecular flexibility index (Phi) is 8.45. The number of aromatic nitrogens is 2. The minimum absolute atomic E-state index is 0.0469. The number of rotatable bonds is 8. The molecule has 1 aromatic heterocycles. The van der Waals surface area contributed by atoms with E-state index in [1.54, 1.807) is 6.07 Å². The van der Waals surface area contributed by atoms with Crippen molar-refractivity contribution in [3.05, 3.63) is 35.2 Å². The molecule has 37 heavy (non-hydrogen) atoms. The molecule has 2 aromatic rings. The number of anilines is 3. The number of halogens is 3. The quantitative estimate of drug-likeness (QED) is 0.445. The van der Waals surface area contributed by atoms with E-state index in [4.69, 9.17) is 16.3 Å². The van der Waals surface area contributed by atoms with Crippen LogP contribution in [0.15, 0.2) is 24.4 Å². The van der Waals surface area contributed by atoms with Crippen molar-refractivity contribution in [1.29, 1.82) is 0 Å². The summed E-state index contributed by atoms with van der Waals surface area (Å²) in [7, 11) is 2.13. The highest BCUT2D eigenvalue weighted by Gasteiger charge is 2.49. The molecule has 0 aliphatic carbocycles. The second-order valence-electron chi connectivity index (χ2n) is 11.2. The Labute approximate surface area is 223 Å². The number of nitrogens with one attached hydrogen (secondary N) is 2. The maximum Gasteiger partial charge on any atom is 0.229 e. The van der Waals surface area contributed by atoms with E-state index in [0.717, 1.165) is 38.9 Å². The first-order chi connectivity index (χ1) is 17.5. The summed E-state index contributed by atoms with van der Waals surface area (Å²) in [5.41, 5.74) is 0.478. The fourth-order valence-corrected chi connectivity index (χ4v) is 5.41. The number of alkyl halides is 1. The molecule has 1 aromatic carbocycles. The van der Waals surface area contributed by atoms with Gasteiger partial charge in [0.15, 0.2) is 11.6 Å². The third-order valence-electron chi connectivity index (χ3n) is 8.63. The SMILES string of the molecule is CN1CCC(Nc2nc(Nc3ccc(OC4CCN(CCF)CC4)c(Cl)c3)ncc2F)C(C)(C)C1(C)C. The molecule has 7 nitrogen and oxygen atoms in total. The molecule has 0 saturated carbocycles. The predicted octanol–water partition coefficient (Wildman–Crippen LogP) is 5.75. The molecule has 2 fully saturated rings. The minimum Gasteiger partial charge on any atom is -0.489 e. The van der Waals surface area contributed by atoms with E-state index in [2.05, 4.69) is 65.1 Å². The molecule has 2 saturated heterocycles. The van der Waals surface area contributed by atoms with Gasteiger partial charge in [-0.05, 0) is 58.4 Å². The number of nitrogens with zero attached hydrogens (tertiary/aromatic N) is 4. The zero-order chi connectivity index (χ0) is 26.8. The summed E-state index contributed by atoms with van der Waals surface area (Å²) < 4.78 is 33.4. The van der Waals surface area contributed by atoms with Gasteiger partial charge in [0.05, 0.1) is 11.2 Å². The number of hydrogen-bond donors (Lipinski definition) is 2. The highest BCUT2D eigenvalue weighted by molar-refractivity contribution is 6.32. The van der Waals surface area contributed by atoms with Gasteiger partial charge in [-0.15, -0.1) is 0 Å². The topological polar surface area (TPSA) is 65.6 Å². The minimum atomic E-state index is -0.488. The third kappa shape index (κ3) is 6.10. The molecule has 0 radical (unpaired) electrons. The second kappa shape index (κ2) is 11.3. The average molecular weight is 537 g/mol. The van der Waals surface area contributed by atoms with Crippen molar-refractivity contribution in [3.8, 4) is 5.75 Å². The molecule has 4 rings (SSSR count). The smallest absolute Gasteiger partial charge is 0.229 e. The van der Waals surface area contributed by atoms with Crippen molar-refractivity contribution in [2.45, 2.75) is 64.6 Å². The summed E-state index contributed by atoms with van der Waals surface area (Å²) in [5, 5.41) is 6.95. The summed E-state index contributed by atoms with van der Waals surface area (Å²) in [4.78, 5) is 13.0. The van der Waals surface area contributed by atoms with Gasteiger partial charge < -0.3 is 25.2 Å². The summed E-state index contributed by atoms with van der Waals surface area (Å²) in [6.07, 6.45) is 3.78. The fraction of sp³-hybridized carbons (Fsp3) is 0.630. The lowest BCUT2D eigenvalue weighted by Gasteiger charge is -2.56. The molecular formula is C27H39ClF2N6O. The van der Waals surface area contributed by atoms with E-state index in [1.807, 2.05) is 12.1 Å². The average Bonchev–Trinajstić information content (AvgIpc) is 2.85. The van der Waals surface area contributed by atoms with Crippen LogP contribution >= 0.6 is 11.6 Å². The van der Waals surface area contributed by atoms with E-state index < -0.39 is 5.82 Å². The van der Waals surface area contributed by atoms with Crippen LogP contribution < -0.4 is 15.4 Å². The molecular weight excluding hydrogens is 498 g/mol. The van der Waals surface area contributed by atoms with E-state index in [0.29, 0.717) is 23.0 Å². The van der Waals surface area contributed by atoms with Crippen molar-refractivity contribution in [1.82, 2.24) is 19.8 Å². The van der Waals surface area contributed by atoms with Crippen molar-refractivity contribution < 1.29 is 13.5 Å². The van der Waals surface area contributed by atoms with Gasteiger partial charge in [0.25, 0.3) is 0 Å². The van der Waals surface area contributed by atoms with Gasteiger partial charge in [-0.1, -0.05) is 25.4 Å². The first-order valence-electron chi connectivity index (χ1n) is 13.0. The van der Waals surface area contributed by atoms with Crippen LogP contribution in [0, 0.1) is 11.2 Å². The first kappa shape index (κ1) is 27.8. The molecule has 3 heterocycles. The Morgan fingerprint density at radius 2 is 1.86 bits per heavy atom. The molecule has 0 bridgehead atoms. The lowest BCUT2D eigenvalue weighted by atomic mass is 9.65. The summed E-state index contributed by atoms with van der Waals surface area (Å²) in [5.74, 6) is 0.572. The van der Waals surface area contributed by atoms with Gasteiger partial charge in [-0.25, -0.2) is 13.8 Å². The first-order valence-corrected chi connectivity index (χ1v) is 13.4. The zero-order valence-corrected chi connectivity index (χ0v) is 23.2. The Hall–Kier alpha value is -2.23. The van der Waals surface area contributed by atoms with Crippen LogP contribution in [0.3, 0.4) is 0 Å². The van der Waals surface area contributed by atoms with Crippen LogP contribution in [0.25, 0.3) is 0 Å². The largest absolute Gasteiger partial charge is 0.489 e. The van der Waals surface area contributed by atoms with Crippen molar-refractivity contribution in [2.24, 2.45) is 5.41 Å². The Morgan fingerprint density at radius 1 is 1.14 bits per heavy atom. The molecule has 0 amide bonds.